The van der Waals surface area contributed by atoms with E-state index in [0.717, 1.165) is 31.4 Å². The second kappa shape index (κ2) is 6.59. The molecule has 1 aliphatic rings. The maximum Gasteiger partial charge on any atom is 0.178 e. The van der Waals surface area contributed by atoms with Crippen molar-refractivity contribution in [1.82, 2.24) is 4.90 Å². The molecule has 0 saturated heterocycles. The Morgan fingerprint density at radius 1 is 1.20 bits per heavy atom. The summed E-state index contributed by atoms with van der Waals surface area (Å²) in [5.74, 6) is 0.145. The fourth-order valence-corrected chi connectivity index (χ4v) is 3.21. The van der Waals surface area contributed by atoms with Crippen LogP contribution in [0.4, 0.5) is 5.69 Å². The summed E-state index contributed by atoms with van der Waals surface area (Å²) in [4.78, 5) is 2.89. The van der Waals surface area contributed by atoms with E-state index in [-0.39, 0.29) is 5.75 Å². The van der Waals surface area contributed by atoms with Crippen molar-refractivity contribution in [3.8, 4) is 0 Å². The zero-order valence-electron chi connectivity index (χ0n) is 12.3. The predicted molar refractivity (Wildman–Crippen MR) is 82.9 cm³/mol. The van der Waals surface area contributed by atoms with Crippen molar-refractivity contribution >= 4 is 15.5 Å². The van der Waals surface area contributed by atoms with Gasteiger partial charge in [-0.15, -0.1) is 0 Å². The van der Waals surface area contributed by atoms with Gasteiger partial charge in [-0.05, 0) is 43.7 Å². The number of sulfone groups is 1. The topological polar surface area (TPSA) is 49.4 Å². The van der Waals surface area contributed by atoms with E-state index in [0.29, 0.717) is 4.90 Å². The molecule has 0 heterocycles. The molecule has 1 aliphatic carbocycles. The molecule has 0 aliphatic heterocycles. The van der Waals surface area contributed by atoms with Crippen LogP contribution < -0.4 is 5.32 Å². The first-order valence-electron chi connectivity index (χ1n) is 7.37. The van der Waals surface area contributed by atoms with Crippen LogP contribution >= 0.6 is 0 Å². The number of rotatable bonds is 8. The highest BCUT2D eigenvalue weighted by atomic mass is 32.2. The maximum absolute atomic E-state index is 11.7. The van der Waals surface area contributed by atoms with Crippen LogP contribution in [0, 0.1) is 0 Å². The zero-order chi connectivity index (χ0) is 14.6. The van der Waals surface area contributed by atoms with E-state index < -0.39 is 9.84 Å². The summed E-state index contributed by atoms with van der Waals surface area (Å²) < 4.78 is 23.4. The Morgan fingerprint density at radius 2 is 1.85 bits per heavy atom. The van der Waals surface area contributed by atoms with Gasteiger partial charge in [0.1, 0.15) is 0 Å². The van der Waals surface area contributed by atoms with Gasteiger partial charge in [-0.3, -0.25) is 4.90 Å². The first kappa shape index (κ1) is 15.3. The van der Waals surface area contributed by atoms with Gasteiger partial charge in [-0.1, -0.05) is 13.8 Å². The molecule has 112 valence electrons. The number of nitrogens with one attached hydrogen (secondary N) is 1. The largest absolute Gasteiger partial charge is 0.384 e. The van der Waals surface area contributed by atoms with Crippen molar-refractivity contribution in [2.75, 3.05) is 30.7 Å². The molecule has 1 aromatic carbocycles. The van der Waals surface area contributed by atoms with Gasteiger partial charge in [0.25, 0.3) is 0 Å². The summed E-state index contributed by atoms with van der Waals surface area (Å²) in [6, 6.07) is 7.84. The first-order valence-corrected chi connectivity index (χ1v) is 9.02. The molecule has 1 aromatic rings. The molecule has 4 nitrogen and oxygen atoms in total. The van der Waals surface area contributed by atoms with Crippen molar-refractivity contribution in [3.63, 3.8) is 0 Å². The molecule has 1 fully saturated rings. The monoisotopic (exact) mass is 296 g/mol. The molecular formula is C15H24N2O2S. The third-order valence-corrected chi connectivity index (χ3v) is 5.54. The first-order chi connectivity index (χ1) is 9.56. The number of likely N-dealkylation sites (N-methyl/N-ethyl adjacent to an activating group) is 1. The average molecular weight is 296 g/mol. The van der Waals surface area contributed by atoms with E-state index in [1.54, 1.807) is 19.1 Å². The lowest BCUT2D eigenvalue weighted by Crippen LogP contribution is -2.30. The SMILES string of the molecule is CCN(CCNc1ccc(S(=O)(=O)CC)cc1)C1CC1. The van der Waals surface area contributed by atoms with Gasteiger partial charge in [-0.2, -0.15) is 0 Å². The summed E-state index contributed by atoms with van der Waals surface area (Å²) in [5, 5.41) is 3.35. The maximum atomic E-state index is 11.7. The third kappa shape index (κ3) is 3.96. The molecule has 0 bridgehead atoms. The summed E-state index contributed by atoms with van der Waals surface area (Å²) in [6.07, 6.45) is 2.66. The lowest BCUT2D eigenvalue weighted by Gasteiger charge is -2.20. The van der Waals surface area contributed by atoms with E-state index in [1.165, 1.54) is 12.8 Å². The highest BCUT2D eigenvalue weighted by Gasteiger charge is 2.27. The van der Waals surface area contributed by atoms with E-state index in [9.17, 15) is 8.42 Å². The van der Waals surface area contributed by atoms with Gasteiger partial charge in [0.05, 0.1) is 10.6 Å². The quantitative estimate of drug-likeness (QED) is 0.800. The van der Waals surface area contributed by atoms with Crippen molar-refractivity contribution in [2.45, 2.75) is 37.6 Å². The molecule has 1 saturated carbocycles. The Hall–Kier alpha value is -1.07. The third-order valence-electron chi connectivity index (χ3n) is 3.79. The second-order valence-corrected chi connectivity index (χ2v) is 7.49. The number of anilines is 1. The molecular weight excluding hydrogens is 272 g/mol. The van der Waals surface area contributed by atoms with Gasteiger partial charge in [0, 0.05) is 24.8 Å². The highest BCUT2D eigenvalue weighted by Crippen LogP contribution is 2.26. The molecule has 0 aromatic heterocycles. The normalized spacial score (nSPS) is 15.6. The van der Waals surface area contributed by atoms with E-state index in [2.05, 4.69) is 17.1 Å². The van der Waals surface area contributed by atoms with Crippen molar-refractivity contribution in [3.05, 3.63) is 24.3 Å². The molecule has 20 heavy (non-hydrogen) atoms. The van der Waals surface area contributed by atoms with Gasteiger partial charge in [0.2, 0.25) is 0 Å². The number of hydrogen-bond acceptors (Lipinski definition) is 4. The van der Waals surface area contributed by atoms with Gasteiger partial charge >= 0.3 is 0 Å². The van der Waals surface area contributed by atoms with Crippen molar-refractivity contribution in [2.24, 2.45) is 0 Å². The summed E-state index contributed by atoms with van der Waals surface area (Å²) in [6.45, 7) is 6.89. The van der Waals surface area contributed by atoms with Crippen LogP contribution in [0.2, 0.25) is 0 Å². The smallest absolute Gasteiger partial charge is 0.178 e. The zero-order valence-corrected chi connectivity index (χ0v) is 13.1. The molecule has 0 radical (unpaired) electrons. The summed E-state index contributed by atoms with van der Waals surface area (Å²) in [5.41, 5.74) is 0.979. The van der Waals surface area contributed by atoms with Crippen LogP contribution in [0.25, 0.3) is 0 Å². The van der Waals surface area contributed by atoms with Crippen LogP contribution in [0.5, 0.6) is 0 Å². The van der Waals surface area contributed by atoms with Gasteiger partial charge in [-0.25, -0.2) is 8.42 Å². The Balaban J connectivity index is 1.84. The van der Waals surface area contributed by atoms with Crippen molar-refractivity contribution < 1.29 is 8.42 Å². The van der Waals surface area contributed by atoms with Gasteiger partial charge < -0.3 is 5.32 Å². The van der Waals surface area contributed by atoms with Crippen LogP contribution in [0.3, 0.4) is 0 Å². The van der Waals surface area contributed by atoms with Gasteiger partial charge in [0.15, 0.2) is 9.84 Å². The summed E-state index contributed by atoms with van der Waals surface area (Å²) >= 11 is 0. The minimum absolute atomic E-state index is 0.145. The second-order valence-electron chi connectivity index (χ2n) is 5.21. The molecule has 2 rings (SSSR count). The lowest BCUT2D eigenvalue weighted by molar-refractivity contribution is 0.289. The minimum atomic E-state index is -3.09. The molecule has 5 heteroatoms. The minimum Gasteiger partial charge on any atom is -0.384 e. The van der Waals surface area contributed by atoms with Crippen LogP contribution in [-0.4, -0.2) is 44.7 Å². The molecule has 0 atom stereocenters. The fourth-order valence-electron chi connectivity index (χ4n) is 2.33. The van der Waals surface area contributed by atoms with E-state index >= 15 is 0 Å². The van der Waals surface area contributed by atoms with Crippen LogP contribution in [0.1, 0.15) is 26.7 Å². The molecule has 0 spiro atoms. The Morgan fingerprint density at radius 3 is 2.35 bits per heavy atom. The standard InChI is InChI=1S/C15H24N2O2S/c1-3-17(14-7-8-14)12-11-16-13-5-9-15(10-6-13)20(18,19)4-2/h5-6,9-10,14,16H,3-4,7-8,11-12H2,1-2H3. The average Bonchev–Trinajstić information content (AvgIpc) is 3.29. The predicted octanol–water partition coefficient (Wildman–Crippen LogP) is 2.38. The lowest BCUT2D eigenvalue weighted by atomic mass is 10.3. The van der Waals surface area contributed by atoms with Crippen LogP contribution in [0.15, 0.2) is 29.2 Å². The summed E-state index contributed by atoms with van der Waals surface area (Å²) in [7, 11) is -3.09. The Labute approximate surface area is 122 Å². The van der Waals surface area contributed by atoms with Crippen LogP contribution in [-0.2, 0) is 9.84 Å². The molecule has 1 N–H and O–H groups in total. The Bertz CT molecular complexity index is 521. The molecule has 0 unspecified atom stereocenters. The van der Waals surface area contributed by atoms with E-state index in [1.807, 2.05) is 12.1 Å². The van der Waals surface area contributed by atoms with Crippen molar-refractivity contribution in [1.29, 1.82) is 0 Å². The number of hydrogen-bond donors (Lipinski definition) is 1. The number of nitrogens with zero attached hydrogens (tertiary/aromatic N) is 1. The number of benzene rings is 1. The highest BCUT2D eigenvalue weighted by molar-refractivity contribution is 7.91. The Kier molecular flexibility index (Phi) is 5.05. The fraction of sp³-hybridized carbons (Fsp3) is 0.600. The molecule has 0 amide bonds. The van der Waals surface area contributed by atoms with E-state index in [4.69, 9.17) is 0 Å².